The first-order chi connectivity index (χ1) is 5.02. The number of rotatable bonds is 4. The standard InChI is InChI=1S/C7H14N2O2/c1-7(2)8-9(7)5-3-4-6(10)11/h8H,3-5H2,1-2H3,(H,10,11). The van der Waals surface area contributed by atoms with Crippen LogP contribution in [0.2, 0.25) is 0 Å². The van der Waals surface area contributed by atoms with Gasteiger partial charge in [-0.2, -0.15) is 0 Å². The number of aliphatic carboxylic acids is 1. The zero-order valence-electron chi connectivity index (χ0n) is 6.92. The first-order valence-electron chi connectivity index (χ1n) is 3.79. The molecule has 4 nitrogen and oxygen atoms in total. The molecule has 1 aliphatic rings. The molecule has 1 unspecified atom stereocenters. The second-order valence-electron chi connectivity index (χ2n) is 3.32. The Bertz CT molecular complexity index is 168. The summed E-state index contributed by atoms with van der Waals surface area (Å²) in [5, 5.41) is 10.4. The predicted molar refractivity (Wildman–Crippen MR) is 40.8 cm³/mol. The summed E-state index contributed by atoms with van der Waals surface area (Å²) in [6.07, 6.45) is 0.972. The van der Waals surface area contributed by atoms with Crippen molar-refractivity contribution in [3.05, 3.63) is 0 Å². The maximum atomic E-state index is 10.1. The van der Waals surface area contributed by atoms with Crippen molar-refractivity contribution < 1.29 is 9.90 Å². The molecule has 64 valence electrons. The topological polar surface area (TPSA) is 62.2 Å². The summed E-state index contributed by atoms with van der Waals surface area (Å²) in [6, 6.07) is 0. The Morgan fingerprint density at radius 1 is 1.64 bits per heavy atom. The van der Waals surface area contributed by atoms with Crippen LogP contribution in [0.4, 0.5) is 0 Å². The van der Waals surface area contributed by atoms with Gasteiger partial charge in [-0.15, -0.1) is 0 Å². The fraction of sp³-hybridized carbons (Fsp3) is 0.857. The van der Waals surface area contributed by atoms with Crippen LogP contribution in [0.5, 0.6) is 0 Å². The fourth-order valence-electron chi connectivity index (χ4n) is 1.03. The minimum Gasteiger partial charge on any atom is -0.481 e. The maximum absolute atomic E-state index is 10.1. The molecule has 1 fully saturated rings. The molecule has 4 heteroatoms. The average molecular weight is 158 g/mol. The maximum Gasteiger partial charge on any atom is 0.303 e. The average Bonchev–Trinajstić information content (AvgIpc) is 2.39. The van der Waals surface area contributed by atoms with E-state index in [0.717, 1.165) is 6.54 Å². The third-order valence-electron chi connectivity index (χ3n) is 1.81. The molecule has 0 amide bonds. The summed E-state index contributed by atoms with van der Waals surface area (Å²) in [5.74, 6) is -0.718. The van der Waals surface area contributed by atoms with Crippen molar-refractivity contribution in [3.63, 3.8) is 0 Å². The van der Waals surface area contributed by atoms with Crippen molar-refractivity contribution in [2.45, 2.75) is 32.4 Å². The van der Waals surface area contributed by atoms with Crippen LogP contribution in [0.15, 0.2) is 0 Å². The van der Waals surface area contributed by atoms with Gasteiger partial charge < -0.3 is 5.11 Å². The van der Waals surface area contributed by atoms with Crippen molar-refractivity contribution in [2.75, 3.05) is 6.54 Å². The highest BCUT2D eigenvalue weighted by Crippen LogP contribution is 2.22. The minimum absolute atomic E-state index is 0.0957. The van der Waals surface area contributed by atoms with Crippen LogP contribution in [0.25, 0.3) is 0 Å². The molecular weight excluding hydrogens is 144 g/mol. The number of hydrazine groups is 1. The van der Waals surface area contributed by atoms with Gasteiger partial charge in [-0.25, -0.2) is 10.4 Å². The molecule has 1 rings (SSSR count). The van der Waals surface area contributed by atoms with Crippen LogP contribution in [0.3, 0.4) is 0 Å². The minimum atomic E-state index is -0.718. The van der Waals surface area contributed by atoms with Gasteiger partial charge in [0.2, 0.25) is 0 Å². The number of carboxylic acid groups (broad SMARTS) is 1. The molecule has 1 atom stereocenters. The van der Waals surface area contributed by atoms with Crippen LogP contribution in [0, 0.1) is 0 Å². The third-order valence-corrected chi connectivity index (χ3v) is 1.81. The lowest BCUT2D eigenvalue weighted by Gasteiger charge is -2.00. The van der Waals surface area contributed by atoms with Crippen LogP contribution >= 0.6 is 0 Å². The highest BCUT2D eigenvalue weighted by molar-refractivity contribution is 5.66. The lowest BCUT2D eigenvalue weighted by molar-refractivity contribution is -0.137. The van der Waals surface area contributed by atoms with Crippen molar-refractivity contribution in [3.8, 4) is 0 Å². The quantitative estimate of drug-likeness (QED) is 0.581. The number of carbonyl (C=O) groups is 1. The second kappa shape index (κ2) is 2.79. The van der Waals surface area contributed by atoms with Gasteiger partial charge in [0.25, 0.3) is 0 Å². The molecule has 0 aromatic heterocycles. The van der Waals surface area contributed by atoms with E-state index < -0.39 is 5.97 Å². The normalized spacial score (nSPS) is 26.5. The highest BCUT2D eigenvalue weighted by atomic mass is 16.4. The number of hydrogen-bond acceptors (Lipinski definition) is 3. The predicted octanol–water partition coefficient (Wildman–Crippen LogP) is 0.408. The van der Waals surface area contributed by atoms with Gasteiger partial charge in [-0.3, -0.25) is 4.79 Å². The number of nitrogens with one attached hydrogen (secondary N) is 1. The van der Waals surface area contributed by atoms with Crippen molar-refractivity contribution >= 4 is 5.97 Å². The molecule has 11 heavy (non-hydrogen) atoms. The van der Waals surface area contributed by atoms with E-state index in [9.17, 15) is 4.79 Å². The number of nitrogens with zero attached hydrogens (tertiary/aromatic N) is 1. The fourth-order valence-corrected chi connectivity index (χ4v) is 1.03. The van der Waals surface area contributed by atoms with E-state index in [4.69, 9.17) is 5.11 Å². The van der Waals surface area contributed by atoms with Gasteiger partial charge in [0.15, 0.2) is 0 Å². The molecule has 0 saturated carbocycles. The van der Waals surface area contributed by atoms with Gasteiger partial charge in [-0.1, -0.05) is 0 Å². The molecule has 1 saturated heterocycles. The molecule has 0 aromatic carbocycles. The lowest BCUT2D eigenvalue weighted by Crippen LogP contribution is -2.11. The molecule has 0 aliphatic carbocycles. The van der Waals surface area contributed by atoms with E-state index in [0.29, 0.717) is 6.42 Å². The number of hydrogen-bond donors (Lipinski definition) is 2. The summed E-state index contributed by atoms with van der Waals surface area (Å²) in [6.45, 7) is 4.95. The van der Waals surface area contributed by atoms with E-state index in [1.807, 2.05) is 5.01 Å². The zero-order valence-corrected chi connectivity index (χ0v) is 6.92. The lowest BCUT2D eigenvalue weighted by atomic mass is 10.3. The monoisotopic (exact) mass is 158 g/mol. The smallest absolute Gasteiger partial charge is 0.303 e. The van der Waals surface area contributed by atoms with Crippen LogP contribution in [0.1, 0.15) is 26.7 Å². The van der Waals surface area contributed by atoms with Gasteiger partial charge in [0, 0.05) is 13.0 Å². The number of carboxylic acids is 1. The van der Waals surface area contributed by atoms with Crippen LogP contribution in [-0.4, -0.2) is 28.3 Å². The first kappa shape index (κ1) is 8.49. The summed E-state index contributed by atoms with van der Waals surface area (Å²) >= 11 is 0. The Hall–Kier alpha value is -0.610. The van der Waals surface area contributed by atoms with E-state index in [2.05, 4.69) is 19.3 Å². The Kier molecular flexibility index (Phi) is 2.15. The van der Waals surface area contributed by atoms with Crippen molar-refractivity contribution in [2.24, 2.45) is 0 Å². The van der Waals surface area contributed by atoms with Crippen LogP contribution < -0.4 is 5.43 Å². The largest absolute Gasteiger partial charge is 0.481 e. The molecular formula is C7H14N2O2. The van der Waals surface area contributed by atoms with Gasteiger partial charge in [-0.05, 0) is 20.3 Å². The molecule has 0 aromatic rings. The van der Waals surface area contributed by atoms with E-state index >= 15 is 0 Å². The SMILES string of the molecule is CC1(C)NN1CCCC(=O)O. The Labute approximate surface area is 66.2 Å². The van der Waals surface area contributed by atoms with Gasteiger partial charge in [0.1, 0.15) is 0 Å². The van der Waals surface area contributed by atoms with Crippen molar-refractivity contribution in [1.82, 2.24) is 10.4 Å². The second-order valence-corrected chi connectivity index (χ2v) is 3.32. The van der Waals surface area contributed by atoms with Crippen LogP contribution in [-0.2, 0) is 4.79 Å². The van der Waals surface area contributed by atoms with Gasteiger partial charge in [0.05, 0.1) is 5.66 Å². The summed E-state index contributed by atoms with van der Waals surface area (Å²) in [4.78, 5) is 10.1. The molecule has 1 heterocycles. The van der Waals surface area contributed by atoms with Crippen molar-refractivity contribution in [1.29, 1.82) is 0 Å². The van der Waals surface area contributed by atoms with E-state index in [-0.39, 0.29) is 12.1 Å². The third kappa shape index (κ3) is 2.48. The summed E-state index contributed by atoms with van der Waals surface area (Å²) in [5.41, 5.74) is 3.22. The first-order valence-corrected chi connectivity index (χ1v) is 3.79. The van der Waals surface area contributed by atoms with E-state index in [1.54, 1.807) is 0 Å². The summed E-state index contributed by atoms with van der Waals surface area (Å²) in [7, 11) is 0. The molecule has 2 N–H and O–H groups in total. The molecule has 0 spiro atoms. The Morgan fingerprint density at radius 2 is 2.18 bits per heavy atom. The Morgan fingerprint density at radius 3 is 2.55 bits per heavy atom. The summed E-state index contributed by atoms with van der Waals surface area (Å²) < 4.78 is 0. The zero-order chi connectivity index (χ0) is 8.48. The van der Waals surface area contributed by atoms with Gasteiger partial charge >= 0.3 is 5.97 Å². The molecule has 0 radical (unpaired) electrons. The van der Waals surface area contributed by atoms with E-state index in [1.165, 1.54) is 0 Å². The Balaban J connectivity index is 2.02. The molecule has 0 bridgehead atoms. The molecule has 1 aliphatic heterocycles. The highest BCUT2D eigenvalue weighted by Gasteiger charge is 2.41.